The van der Waals surface area contributed by atoms with Crippen molar-refractivity contribution in [3.63, 3.8) is 0 Å². The van der Waals surface area contributed by atoms with Crippen LogP contribution in [0.25, 0.3) is 49.7 Å². The summed E-state index contributed by atoms with van der Waals surface area (Å²) in [5.74, 6) is 0. The Morgan fingerprint density at radius 3 is 1.73 bits per heavy atom. The first kappa shape index (κ1) is 21.8. The molecule has 170 valence electrons. The molecule has 6 rings (SSSR count). The van der Waals surface area contributed by atoms with E-state index in [1.165, 1.54) is 0 Å². The predicted molar refractivity (Wildman–Crippen MR) is 144 cm³/mol. The molecule has 0 unspecified atom stereocenters. The summed E-state index contributed by atoms with van der Waals surface area (Å²) >= 11 is 0. The van der Waals surface area contributed by atoms with Gasteiger partial charge in [-0.3, -0.25) is 4.98 Å². The number of hydrogen-bond donors (Lipinski definition) is 0. The maximum Gasteiger partial charge on any atom is 0.0998 e. The summed E-state index contributed by atoms with van der Waals surface area (Å²) < 4.78 is 2.10. The smallest absolute Gasteiger partial charge is 0.0998 e. The molecule has 0 N–H and O–H groups in total. The van der Waals surface area contributed by atoms with Crippen molar-refractivity contribution in [1.29, 1.82) is 15.8 Å². The molecule has 0 atom stereocenters. The van der Waals surface area contributed by atoms with Crippen molar-refractivity contribution >= 4 is 21.8 Å². The molecule has 2 aromatic heterocycles. The van der Waals surface area contributed by atoms with Gasteiger partial charge in [-0.05, 0) is 59.7 Å². The lowest BCUT2D eigenvalue weighted by molar-refractivity contribution is 1.18. The molecule has 5 heteroatoms. The first-order valence-electron chi connectivity index (χ1n) is 11.6. The highest BCUT2D eigenvalue weighted by atomic mass is 15.0. The van der Waals surface area contributed by atoms with E-state index in [2.05, 4.69) is 27.8 Å². The van der Waals surface area contributed by atoms with Crippen molar-refractivity contribution in [2.24, 2.45) is 0 Å². The number of aromatic nitrogens is 2. The highest BCUT2D eigenvalue weighted by molar-refractivity contribution is 6.10. The van der Waals surface area contributed by atoms with Gasteiger partial charge in [0.1, 0.15) is 0 Å². The van der Waals surface area contributed by atoms with Crippen LogP contribution in [-0.2, 0) is 0 Å². The van der Waals surface area contributed by atoms with Crippen molar-refractivity contribution in [2.75, 3.05) is 0 Å². The molecule has 0 aliphatic heterocycles. The number of hydrogen-bond acceptors (Lipinski definition) is 4. The van der Waals surface area contributed by atoms with E-state index in [0.29, 0.717) is 16.7 Å². The van der Waals surface area contributed by atoms with Crippen molar-refractivity contribution in [3.05, 3.63) is 120 Å². The van der Waals surface area contributed by atoms with E-state index in [1.54, 1.807) is 12.4 Å². The molecule has 0 bridgehead atoms. The number of pyridine rings is 1. The van der Waals surface area contributed by atoms with Crippen LogP contribution in [-0.4, -0.2) is 9.55 Å². The molecule has 0 saturated heterocycles. The first-order valence-corrected chi connectivity index (χ1v) is 11.6. The van der Waals surface area contributed by atoms with Crippen LogP contribution in [0.1, 0.15) is 16.7 Å². The summed E-state index contributed by atoms with van der Waals surface area (Å²) in [6.45, 7) is 0. The Morgan fingerprint density at radius 2 is 1.16 bits per heavy atom. The van der Waals surface area contributed by atoms with Crippen molar-refractivity contribution in [2.45, 2.75) is 0 Å². The molecule has 0 radical (unpaired) electrons. The fraction of sp³-hybridized carbons (Fsp3) is 0. The Balaban J connectivity index is 1.81. The average Bonchev–Trinajstić information content (AvgIpc) is 3.29. The number of benzene rings is 4. The van der Waals surface area contributed by atoms with E-state index in [4.69, 9.17) is 0 Å². The quantitative estimate of drug-likeness (QED) is 0.275. The SMILES string of the molecule is N#Cc1ccc2c3ccc(C#N)cc3n(-c3cc(-c4ccncc4)c(C#N)cc3-c3ccccc3)c2c1. The second kappa shape index (κ2) is 8.82. The number of fused-ring (bicyclic) bond motifs is 3. The zero-order valence-electron chi connectivity index (χ0n) is 19.6. The molecule has 0 amide bonds. The topological polar surface area (TPSA) is 89.2 Å². The molecule has 4 aromatic carbocycles. The molecular formula is C32H17N5. The average molecular weight is 472 g/mol. The molecule has 0 spiro atoms. The minimum absolute atomic E-state index is 0.543. The van der Waals surface area contributed by atoms with Crippen LogP contribution < -0.4 is 0 Å². The van der Waals surface area contributed by atoms with Crippen LogP contribution in [0.15, 0.2) is 103 Å². The second-order valence-electron chi connectivity index (χ2n) is 8.65. The van der Waals surface area contributed by atoms with Crippen molar-refractivity contribution in [3.8, 4) is 46.1 Å². The van der Waals surface area contributed by atoms with Crippen LogP contribution in [0.3, 0.4) is 0 Å². The van der Waals surface area contributed by atoms with Crippen molar-refractivity contribution < 1.29 is 0 Å². The Morgan fingerprint density at radius 1 is 0.568 bits per heavy atom. The van der Waals surface area contributed by atoms with Crippen LogP contribution in [0, 0.1) is 34.0 Å². The summed E-state index contributed by atoms with van der Waals surface area (Å²) in [4.78, 5) is 4.13. The molecule has 0 aliphatic carbocycles. The molecule has 0 aliphatic rings. The van der Waals surface area contributed by atoms with E-state index >= 15 is 0 Å². The van der Waals surface area contributed by atoms with Gasteiger partial charge in [0, 0.05) is 34.3 Å². The van der Waals surface area contributed by atoms with Gasteiger partial charge >= 0.3 is 0 Å². The van der Waals surface area contributed by atoms with Gasteiger partial charge in [-0.2, -0.15) is 15.8 Å². The van der Waals surface area contributed by atoms with Gasteiger partial charge in [0.25, 0.3) is 0 Å². The van der Waals surface area contributed by atoms with Gasteiger partial charge < -0.3 is 4.57 Å². The second-order valence-corrected chi connectivity index (χ2v) is 8.65. The third kappa shape index (κ3) is 3.58. The summed E-state index contributed by atoms with van der Waals surface area (Å²) in [6, 6.07) is 35.8. The van der Waals surface area contributed by atoms with Gasteiger partial charge in [-0.1, -0.05) is 42.5 Å². The zero-order chi connectivity index (χ0) is 25.4. The molecule has 0 fully saturated rings. The number of rotatable bonds is 3. The third-order valence-electron chi connectivity index (χ3n) is 6.60. The van der Waals surface area contributed by atoms with Gasteiger partial charge in [0.15, 0.2) is 0 Å². The molecule has 6 aromatic rings. The minimum Gasteiger partial charge on any atom is -0.309 e. The molecule has 37 heavy (non-hydrogen) atoms. The summed E-state index contributed by atoms with van der Waals surface area (Å²) in [5.41, 5.74) is 7.68. The van der Waals surface area contributed by atoms with Crippen LogP contribution in [0.4, 0.5) is 0 Å². The standard InChI is InChI=1S/C32H17N5/c33-18-21-6-8-26-27-9-7-22(19-34)15-31(27)37(30(26)14-21)32-17-28(24-10-12-36-13-11-24)25(20-35)16-29(32)23-4-2-1-3-5-23/h1-17H. The Labute approximate surface area is 213 Å². The highest BCUT2D eigenvalue weighted by Gasteiger charge is 2.20. The summed E-state index contributed by atoms with van der Waals surface area (Å²) in [5, 5.41) is 31.4. The van der Waals surface area contributed by atoms with E-state index in [9.17, 15) is 15.8 Å². The van der Waals surface area contributed by atoms with Crippen LogP contribution in [0.2, 0.25) is 0 Å². The highest BCUT2D eigenvalue weighted by Crippen LogP contribution is 2.40. The van der Waals surface area contributed by atoms with E-state index in [1.807, 2.05) is 91.0 Å². The Bertz CT molecular complexity index is 1880. The Kier molecular flexibility index (Phi) is 5.20. The molecule has 5 nitrogen and oxygen atoms in total. The maximum absolute atomic E-state index is 10.1. The van der Waals surface area contributed by atoms with E-state index in [-0.39, 0.29) is 0 Å². The lowest BCUT2D eigenvalue weighted by Crippen LogP contribution is -2.00. The largest absolute Gasteiger partial charge is 0.309 e. The summed E-state index contributed by atoms with van der Waals surface area (Å²) in [6.07, 6.45) is 3.42. The monoisotopic (exact) mass is 471 g/mol. The minimum atomic E-state index is 0.543. The fourth-order valence-corrected chi connectivity index (χ4v) is 4.90. The van der Waals surface area contributed by atoms with Gasteiger partial charge in [-0.15, -0.1) is 0 Å². The fourth-order valence-electron chi connectivity index (χ4n) is 4.90. The summed E-state index contributed by atoms with van der Waals surface area (Å²) in [7, 11) is 0. The number of nitriles is 3. The van der Waals surface area contributed by atoms with Gasteiger partial charge in [-0.25, -0.2) is 0 Å². The molecular weight excluding hydrogens is 454 g/mol. The maximum atomic E-state index is 10.1. The third-order valence-corrected chi connectivity index (χ3v) is 6.60. The van der Waals surface area contributed by atoms with Crippen molar-refractivity contribution in [1.82, 2.24) is 9.55 Å². The van der Waals surface area contributed by atoms with E-state index in [0.717, 1.165) is 49.7 Å². The molecule has 0 saturated carbocycles. The van der Waals surface area contributed by atoms with Gasteiger partial charge in [0.05, 0.1) is 51.6 Å². The van der Waals surface area contributed by atoms with Crippen LogP contribution >= 0.6 is 0 Å². The Hall–Kier alpha value is -5.70. The first-order chi connectivity index (χ1) is 18.2. The zero-order valence-corrected chi connectivity index (χ0v) is 19.6. The van der Waals surface area contributed by atoms with Gasteiger partial charge in [0.2, 0.25) is 0 Å². The predicted octanol–water partition coefficient (Wildman–Crippen LogP) is 7.13. The molecule has 2 heterocycles. The van der Waals surface area contributed by atoms with Crippen LogP contribution in [0.5, 0.6) is 0 Å². The number of nitrogens with zero attached hydrogens (tertiary/aromatic N) is 5. The van der Waals surface area contributed by atoms with E-state index < -0.39 is 0 Å². The lowest BCUT2D eigenvalue weighted by Gasteiger charge is -2.17. The lowest BCUT2D eigenvalue weighted by atomic mass is 9.94. The normalized spacial score (nSPS) is 10.6.